The van der Waals surface area contributed by atoms with Gasteiger partial charge in [-0.1, -0.05) is 18.2 Å². The van der Waals surface area contributed by atoms with E-state index in [0.29, 0.717) is 13.1 Å². The number of aromatic nitrogens is 2. The van der Waals surface area contributed by atoms with Crippen molar-refractivity contribution >= 4 is 22.5 Å². The van der Waals surface area contributed by atoms with Crippen LogP contribution in [0.25, 0.3) is 10.9 Å². The third-order valence-corrected chi connectivity index (χ3v) is 3.78. The molecule has 3 rings (SSSR count). The molecule has 0 saturated carbocycles. The van der Waals surface area contributed by atoms with Crippen molar-refractivity contribution in [2.24, 2.45) is 7.05 Å². The van der Waals surface area contributed by atoms with Gasteiger partial charge in [-0.3, -0.25) is 14.6 Å². The summed E-state index contributed by atoms with van der Waals surface area (Å²) in [6.07, 6.45) is 3.41. The lowest BCUT2D eigenvalue weighted by molar-refractivity contribution is 0.0953. The number of rotatable bonds is 5. The van der Waals surface area contributed by atoms with E-state index in [9.17, 15) is 9.59 Å². The van der Waals surface area contributed by atoms with E-state index >= 15 is 0 Å². The van der Waals surface area contributed by atoms with E-state index in [4.69, 9.17) is 0 Å². The maximum absolute atomic E-state index is 12.4. The Balaban J connectivity index is 1.68. The number of hydrogen-bond donors (Lipinski definition) is 2. The Kier molecular flexibility index (Phi) is 4.56. The Hall–Kier alpha value is -3.15. The van der Waals surface area contributed by atoms with Crippen molar-refractivity contribution in [2.75, 3.05) is 18.4 Å². The summed E-state index contributed by atoms with van der Waals surface area (Å²) in [5.41, 5.74) is 1.54. The predicted octanol–water partition coefficient (Wildman–Crippen LogP) is 1.78. The van der Waals surface area contributed by atoms with Gasteiger partial charge in [-0.15, -0.1) is 0 Å². The first-order chi connectivity index (χ1) is 11.7. The maximum atomic E-state index is 12.4. The summed E-state index contributed by atoms with van der Waals surface area (Å²) >= 11 is 0. The van der Waals surface area contributed by atoms with Crippen LogP contribution in [0.5, 0.6) is 0 Å². The van der Waals surface area contributed by atoms with Crippen LogP contribution in [-0.2, 0) is 7.05 Å². The first-order valence-corrected chi connectivity index (χ1v) is 7.67. The largest absolute Gasteiger partial charge is 0.382 e. The third kappa shape index (κ3) is 3.27. The van der Waals surface area contributed by atoms with Crippen LogP contribution in [0.3, 0.4) is 0 Å². The molecule has 0 fully saturated rings. The second-order valence-corrected chi connectivity index (χ2v) is 5.41. The van der Waals surface area contributed by atoms with E-state index in [0.717, 1.165) is 16.6 Å². The molecule has 6 nitrogen and oxygen atoms in total. The van der Waals surface area contributed by atoms with Crippen LogP contribution in [0.1, 0.15) is 10.4 Å². The molecule has 122 valence electrons. The maximum Gasteiger partial charge on any atom is 0.263 e. The molecule has 0 aliphatic rings. The molecule has 0 spiro atoms. The fourth-order valence-corrected chi connectivity index (χ4v) is 2.53. The van der Waals surface area contributed by atoms with E-state index in [1.54, 1.807) is 25.5 Å². The summed E-state index contributed by atoms with van der Waals surface area (Å²) in [5.74, 6) is -0.366. The van der Waals surface area contributed by atoms with Gasteiger partial charge >= 0.3 is 0 Å². The average molecular weight is 322 g/mol. The molecular formula is C18H18N4O2. The zero-order chi connectivity index (χ0) is 16.9. The fraction of sp³-hybridized carbons (Fsp3) is 0.167. The van der Waals surface area contributed by atoms with Gasteiger partial charge in [0.05, 0.1) is 11.2 Å². The summed E-state index contributed by atoms with van der Waals surface area (Å²) < 4.78 is 1.50. The highest BCUT2D eigenvalue weighted by atomic mass is 16.2. The molecule has 0 unspecified atom stereocenters. The number of carbonyl (C=O) groups is 1. The summed E-state index contributed by atoms with van der Waals surface area (Å²) in [7, 11) is 1.67. The molecule has 6 heteroatoms. The van der Waals surface area contributed by atoms with Crippen LogP contribution in [-0.4, -0.2) is 28.5 Å². The zero-order valence-electron chi connectivity index (χ0n) is 13.3. The van der Waals surface area contributed by atoms with Crippen molar-refractivity contribution in [2.45, 2.75) is 0 Å². The highest BCUT2D eigenvalue weighted by Gasteiger charge is 2.13. The van der Waals surface area contributed by atoms with Gasteiger partial charge in [0.2, 0.25) is 0 Å². The van der Waals surface area contributed by atoms with Gasteiger partial charge in [0.15, 0.2) is 0 Å². The number of aryl methyl sites for hydroxylation is 1. The van der Waals surface area contributed by atoms with Gasteiger partial charge in [-0.2, -0.15) is 0 Å². The van der Waals surface area contributed by atoms with Crippen LogP contribution in [0.15, 0.2) is 59.7 Å². The van der Waals surface area contributed by atoms with E-state index in [1.807, 2.05) is 36.4 Å². The van der Waals surface area contributed by atoms with E-state index in [1.165, 1.54) is 4.57 Å². The lowest BCUT2D eigenvalue weighted by atomic mass is 10.1. The highest BCUT2D eigenvalue weighted by Crippen LogP contribution is 2.12. The van der Waals surface area contributed by atoms with Gasteiger partial charge in [-0.05, 0) is 29.7 Å². The van der Waals surface area contributed by atoms with Crippen molar-refractivity contribution < 1.29 is 4.79 Å². The molecule has 2 aromatic heterocycles. The number of hydrogen-bond acceptors (Lipinski definition) is 4. The second kappa shape index (κ2) is 6.95. The Labute approximate surface area is 139 Å². The van der Waals surface area contributed by atoms with Gasteiger partial charge in [0.25, 0.3) is 11.5 Å². The number of benzene rings is 1. The molecule has 0 aliphatic heterocycles. The van der Waals surface area contributed by atoms with Crippen LogP contribution in [0.2, 0.25) is 0 Å². The van der Waals surface area contributed by atoms with Crippen LogP contribution in [0.4, 0.5) is 5.69 Å². The molecule has 2 N–H and O–H groups in total. The van der Waals surface area contributed by atoms with Gasteiger partial charge in [-0.25, -0.2) is 0 Å². The second-order valence-electron chi connectivity index (χ2n) is 5.41. The summed E-state index contributed by atoms with van der Waals surface area (Å²) in [4.78, 5) is 28.7. The van der Waals surface area contributed by atoms with E-state index in [2.05, 4.69) is 15.6 Å². The quantitative estimate of drug-likeness (QED) is 0.702. The molecule has 3 aromatic rings. The summed E-state index contributed by atoms with van der Waals surface area (Å²) in [6, 6.07) is 12.9. The Morgan fingerprint density at radius 1 is 1.17 bits per heavy atom. The molecule has 0 atom stereocenters. The fourth-order valence-electron chi connectivity index (χ4n) is 2.53. The number of carbonyl (C=O) groups excluding carboxylic acids is 1. The lowest BCUT2D eigenvalue weighted by Gasteiger charge is -2.10. The Bertz CT molecular complexity index is 919. The SMILES string of the molecule is Cn1c(=O)c(C(=O)NCCNc2cccnc2)cc2ccccc21. The molecule has 1 aromatic carbocycles. The molecule has 24 heavy (non-hydrogen) atoms. The predicted molar refractivity (Wildman–Crippen MR) is 94.2 cm³/mol. The van der Waals surface area contributed by atoms with E-state index < -0.39 is 0 Å². The molecule has 1 amide bonds. The van der Waals surface area contributed by atoms with Crippen LogP contribution < -0.4 is 16.2 Å². The van der Waals surface area contributed by atoms with Crippen LogP contribution in [0, 0.1) is 0 Å². The number of nitrogens with one attached hydrogen (secondary N) is 2. The first-order valence-electron chi connectivity index (χ1n) is 7.67. The third-order valence-electron chi connectivity index (χ3n) is 3.78. The molecule has 0 saturated heterocycles. The number of amides is 1. The lowest BCUT2D eigenvalue weighted by Crippen LogP contribution is -2.34. The molecular weight excluding hydrogens is 304 g/mol. The smallest absolute Gasteiger partial charge is 0.263 e. The number of para-hydroxylation sites is 1. The van der Waals surface area contributed by atoms with Crippen LogP contribution >= 0.6 is 0 Å². The highest BCUT2D eigenvalue weighted by molar-refractivity contribution is 5.97. The minimum atomic E-state index is -0.366. The first kappa shape index (κ1) is 15.7. The number of nitrogens with zero attached hydrogens (tertiary/aromatic N) is 2. The molecule has 0 radical (unpaired) electrons. The van der Waals surface area contributed by atoms with Crippen molar-refractivity contribution in [3.8, 4) is 0 Å². The number of fused-ring (bicyclic) bond motifs is 1. The molecule has 2 heterocycles. The van der Waals surface area contributed by atoms with Crippen molar-refractivity contribution in [1.82, 2.24) is 14.9 Å². The van der Waals surface area contributed by atoms with E-state index in [-0.39, 0.29) is 17.0 Å². The van der Waals surface area contributed by atoms with Gasteiger partial charge in [0, 0.05) is 32.5 Å². The number of pyridine rings is 2. The summed E-state index contributed by atoms with van der Waals surface area (Å²) in [6.45, 7) is 0.953. The molecule has 0 aliphatic carbocycles. The standard InChI is InChI=1S/C18H18N4O2/c1-22-16-7-3-2-5-13(16)11-15(18(22)24)17(23)21-10-9-20-14-6-4-8-19-12-14/h2-8,11-12,20H,9-10H2,1H3,(H,21,23). The monoisotopic (exact) mass is 322 g/mol. The van der Waals surface area contributed by atoms with Gasteiger partial charge in [0.1, 0.15) is 5.56 Å². The minimum absolute atomic E-state index is 0.151. The molecule has 0 bridgehead atoms. The zero-order valence-corrected chi connectivity index (χ0v) is 13.3. The average Bonchev–Trinajstić information content (AvgIpc) is 2.62. The van der Waals surface area contributed by atoms with Crippen molar-refractivity contribution in [3.05, 3.63) is 70.8 Å². The van der Waals surface area contributed by atoms with Gasteiger partial charge < -0.3 is 15.2 Å². The Morgan fingerprint density at radius 3 is 2.79 bits per heavy atom. The normalized spacial score (nSPS) is 10.5. The summed E-state index contributed by atoms with van der Waals surface area (Å²) in [5, 5.41) is 6.77. The topological polar surface area (TPSA) is 76.0 Å². The van der Waals surface area contributed by atoms with Crippen molar-refractivity contribution in [3.63, 3.8) is 0 Å². The van der Waals surface area contributed by atoms with Crippen molar-refractivity contribution in [1.29, 1.82) is 0 Å². The Morgan fingerprint density at radius 2 is 2.00 bits per heavy atom. The number of anilines is 1. The minimum Gasteiger partial charge on any atom is -0.382 e.